The largest absolute Gasteiger partial charge is 0.304 e. The van der Waals surface area contributed by atoms with E-state index in [2.05, 4.69) is 337 Å². The number of aromatic nitrogens is 15. The Bertz CT molecular complexity index is 7780. The first-order chi connectivity index (χ1) is 59.6. The summed E-state index contributed by atoms with van der Waals surface area (Å²) in [4.78, 5) is 44.5. The highest BCUT2D eigenvalue weighted by Crippen LogP contribution is 2.43. The predicted octanol–water partition coefficient (Wildman–Crippen LogP) is 24.9. The summed E-state index contributed by atoms with van der Waals surface area (Å²) in [7, 11) is 0. The number of hydrogen-bond donors (Lipinski definition) is 0. The molecule has 0 aliphatic heterocycles. The van der Waals surface area contributed by atoms with E-state index in [0.717, 1.165) is 173 Å². The zero-order valence-corrected chi connectivity index (χ0v) is 64.4. The molecule has 0 spiro atoms. The molecule has 13 aromatic carbocycles. The first kappa shape index (κ1) is 68.9. The van der Waals surface area contributed by atoms with Gasteiger partial charge in [0, 0.05) is 86.9 Å². The van der Waals surface area contributed by atoms with Gasteiger partial charge in [-0.05, 0) is 72.8 Å². The van der Waals surface area contributed by atoms with Crippen molar-refractivity contribution in [2.45, 2.75) is 0 Å². The van der Waals surface area contributed by atoms with Gasteiger partial charge >= 0.3 is 0 Å². The van der Waals surface area contributed by atoms with Crippen molar-refractivity contribution in [3.8, 4) is 79.9 Å². The highest BCUT2D eigenvalue weighted by molar-refractivity contribution is 6.16. The molecule has 12 heterocycles. The minimum Gasteiger partial charge on any atom is -0.304 e. The van der Waals surface area contributed by atoms with E-state index in [0.29, 0.717) is 5.95 Å². The SMILES string of the molecule is c1ccc(-c2cc3c4ccccc4n(-c4cnc(-n5c6ccccc6c6ccccc65)cn4)c3cn2)cc1.c1ccc(-c2cc3c4ccccc4n(-c4cnc(-n5c6ccccc6c6ccccc65)cn4)c3cn2)cc1.c1ccc(-c2cc3c4ccccc4n(-c4cnc(-n5c6ccccc6c6ccccc65)nc4)c3c(-c3ccccc3)n2)cc1. The summed E-state index contributed by atoms with van der Waals surface area (Å²) in [5.41, 5.74) is 21.9. The fourth-order valence-electron chi connectivity index (χ4n) is 17.7. The average Bonchev–Trinajstić information content (AvgIpc) is 1.68. The van der Waals surface area contributed by atoms with E-state index < -0.39 is 0 Å². The highest BCUT2D eigenvalue weighted by Gasteiger charge is 2.24. The van der Waals surface area contributed by atoms with E-state index in [-0.39, 0.29) is 0 Å². The van der Waals surface area contributed by atoms with Crippen molar-refractivity contribution in [3.05, 3.63) is 407 Å². The molecule has 12 aromatic heterocycles. The lowest BCUT2D eigenvalue weighted by molar-refractivity contribution is 0.967. The molecule has 562 valence electrons. The van der Waals surface area contributed by atoms with Crippen LogP contribution in [0.2, 0.25) is 0 Å². The van der Waals surface area contributed by atoms with Crippen LogP contribution in [0.1, 0.15) is 0 Å². The Kier molecular flexibility index (Phi) is 16.5. The number of nitrogens with zero attached hydrogens (tertiary/aromatic N) is 15. The number of benzene rings is 13. The molecule has 120 heavy (non-hydrogen) atoms. The molecule has 0 unspecified atom stereocenters. The van der Waals surface area contributed by atoms with Crippen LogP contribution < -0.4 is 0 Å². The van der Waals surface area contributed by atoms with Gasteiger partial charge in [-0.3, -0.25) is 32.8 Å². The smallest absolute Gasteiger partial charge is 0.234 e. The van der Waals surface area contributed by atoms with Crippen molar-refractivity contribution < 1.29 is 0 Å². The lowest BCUT2D eigenvalue weighted by atomic mass is 10.0. The number of hydrogen-bond acceptors (Lipinski definition) is 9. The maximum Gasteiger partial charge on any atom is 0.234 e. The highest BCUT2D eigenvalue weighted by atomic mass is 15.2. The van der Waals surface area contributed by atoms with E-state index in [1.165, 1.54) is 32.3 Å². The molecule has 25 aromatic rings. The second-order valence-electron chi connectivity index (χ2n) is 29.8. The Hall–Kier alpha value is -16.7. The predicted molar refractivity (Wildman–Crippen MR) is 487 cm³/mol. The quantitative estimate of drug-likeness (QED) is 0.131. The van der Waals surface area contributed by atoms with Crippen LogP contribution in [0.3, 0.4) is 0 Å². The molecule has 0 N–H and O–H groups in total. The van der Waals surface area contributed by atoms with Crippen molar-refractivity contribution >= 4 is 131 Å². The first-order valence-electron chi connectivity index (χ1n) is 40.0. The number of pyridine rings is 3. The van der Waals surface area contributed by atoms with Gasteiger partial charge in [0.05, 0.1) is 144 Å². The summed E-state index contributed by atoms with van der Waals surface area (Å²) in [6.07, 6.45) is 15.2. The van der Waals surface area contributed by atoms with Gasteiger partial charge in [0.25, 0.3) is 0 Å². The van der Waals surface area contributed by atoms with Crippen LogP contribution in [-0.2, 0) is 0 Å². The lowest BCUT2D eigenvalue weighted by Gasteiger charge is -2.13. The summed E-state index contributed by atoms with van der Waals surface area (Å²) in [5, 5.41) is 14.1. The topological polar surface area (TPSA) is 146 Å². The summed E-state index contributed by atoms with van der Waals surface area (Å²) in [5.74, 6) is 3.73. The molecule has 0 fully saturated rings. The van der Waals surface area contributed by atoms with Crippen LogP contribution in [0, 0.1) is 0 Å². The molecule has 0 saturated carbocycles. The maximum atomic E-state index is 5.28. The Balaban J connectivity index is 0.000000105. The van der Waals surface area contributed by atoms with Crippen molar-refractivity contribution in [1.29, 1.82) is 0 Å². The van der Waals surface area contributed by atoms with Gasteiger partial charge in [-0.2, -0.15) is 0 Å². The summed E-state index contributed by atoms with van der Waals surface area (Å²) in [6, 6.07) is 124. The molecule has 0 saturated heterocycles. The molecule has 15 nitrogen and oxygen atoms in total. The van der Waals surface area contributed by atoms with Crippen LogP contribution in [0.15, 0.2) is 407 Å². The van der Waals surface area contributed by atoms with Gasteiger partial charge in [-0.1, -0.05) is 285 Å². The number of rotatable bonds is 10. The molecule has 0 radical (unpaired) electrons. The van der Waals surface area contributed by atoms with E-state index in [1.54, 1.807) is 0 Å². The molecule has 15 heteroatoms. The fourth-order valence-corrected chi connectivity index (χ4v) is 17.7. The molecule has 0 atom stereocenters. The van der Waals surface area contributed by atoms with Crippen LogP contribution in [0.25, 0.3) is 211 Å². The summed E-state index contributed by atoms with van der Waals surface area (Å²) in [6.45, 7) is 0. The van der Waals surface area contributed by atoms with Gasteiger partial charge in [0.1, 0.15) is 0 Å². The third-order valence-electron chi connectivity index (χ3n) is 23.0. The van der Waals surface area contributed by atoms with Gasteiger partial charge in [-0.15, -0.1) is 0 Å². The number of fused-ring (bicyclic) bond motifs is 18. The van der Waals surface area contributed by atoms with Crippen molar-refractivity contribution in [2.75, 3.05) is 0 Å². The van der Waals surface area contributed by atoms with Crippen LogP contribution >= 0.6 is 0 Å². The molecule has 0 aliphatic rings. The van der Waals surface area contributed by atoms with E-state index in [9.17, 15) is 0 Å². The Labute approximate surface area is 686 Å². The Morgan fingerprint density at radius 1 is 0.167 bits per heavy atom. The third-order valence-corrected chi connectivity index (χ3v) is 23.0. The Morgan fingerprint density at radius 3 is 0.742 bits per heavy atom. The number of para-hydroxylation sites is 9. The molecule has 0 amide bonds. The minimum atomic E-state index is 0.639. The summed E-state index contributed by atoms with van der Waals surface area (Å²) < 4.78 is 13.1. The molecule has 25 rings (SSSR count). The van der Waals surface area contributed by atoms with E-state index >= 15 is 0 Å². The van der Waals surface area contributed by atoms with E-state index in [4.69, 9.17) is 44.9 Å². The van der Waals surface area contributed by atoms with E-state index in [1.807, 2.05) is 98.1 Å². The zero-order chi connectivity index (χ0) is 79.1. The van der Waals surface area contributed by atoms with Gasteiger partial charge < -0.3 is 4.57 Å². The zero-order valence-electron chi connectivity index (χ0n) is 64.4. The lowest BCUT2D eigenvalue weighted by Crippen LogP contribution is -2.04. The van der Waals surface area contributed by atoms with Crippen molar-refractivity contribution in [1.82, 2.24) is 72.3 Å². The fraction of sp³-hybridized carbons (Fsp3) is 0. The summed E-state index contributed by atoms with van der Waals surface area (Å²) >= 11 is 0. The second kappa shape index (κ2) is 28.7. The maximum absolute atomic E-state index is 5.28. The first-order valence-corrected chi connectivity index (χ1v) is 40.0. The monoisotopic (exact) mass is 1540 g/mol. The van der Waals surface area contributed by atoms with Gasteiger partial charge in [0.15, 0.2) is 23.3 Å². The van der Waals surface area contributed by atoms with Gasteiger partial charge in [-0.25, -0.2) is 34.9 Å². The molecule has 0 aliphatic carbocycles. The van der Waals surface area contributed by atoms with Crippen LogP contribution in [-0.4, -0.2) is 72.3 Å². The van der Waals surface area contributed by atoms with Crippen molar-refractivity contribution in [2.24, 2.45) is 0 Å². The molecular weight excluding hydrogens is 1470 g/mol. The normalized spacial score (nSPS) is 11.7. The van der Waals surface area contributed by atoms with Gasteiger partial charge in [0.2, 0.25) is 5.95 Å². The second-order valence-corrected chi connectivity index (χ2v) is 29.8. The average molecular weight is 1540 g/mol. The minimum absolute atomic E-state index is 0.639. The van der Waals surface area contributed by atoms with Crippen molar-refractivity contribution in [3.63, 3.8) is 0 Å². The Morgan fingerprint density at radius 2 is 0.417 bits per heavy atom. The van der Waals surface area contributed by atoms with Crippen LogP contribution in [0.4, 0.5) is 0 Å². The van der Waals surface area contributed by atoms with Crippen LogP contribution in [0.5, 0.6) is 0 Å². The molecule has 0 bridgehead atoms. The molecular formula is C105H67N15. The third kappa shape index (κ3) is 11.5. The standard InChI is InChI=1S/C39H25N5.2C33H21N5/c1-3-13-26(14-4-1)33-23-32-31-19-9-10-20-34(31)43(38(32)37(42-33)27-15-5-2-6-16-27)28-24-40-39(41-25-28)44-35-21-11-7-17-29(35)30-18-8-12-22-36(30)44;2*1-2-10-22(11-3-1)27-18-26-25-14-6-9-17-30(25)38(31(26)19-34-27)33-21-35-32(20-36-33)37-28-15-7-4-12-23(28)24-13-5-8-16-29(24)37/h1-25H;2*1-21H.